The van der Waals surface area contributed by atoms with Crippen LogP contribution in [0, 0.1) is 0 Å². The molecule has 1 aliphatic heterocycles. The van der Waals surface area contributed by atoms with Crippen LogP contribution in [0.4, 0.5) is 0 Å². The van der Waals surface area contributed by atoms with Gasteiger partial charge in [-0.3, -0.25) is 0 Å². The molecule has 2 N–H and O–H groups in total. The summed E-state index contributed by atoms with van der Waals surface area (Å²) in [5.74, 6) is -2.68. The number of unbranched alkanes of at least 4 members (excludes halogenated alkanes) is 1. The summed E-state index contributed by atoms with van der Waals surface area (Å²) in [5.41, 5.74) is 2.48. The fraction of sp³-hybridized carbons (Fsp3) is 0.417. The lowest BCUT2D eigenvalue weighted by Crippen LogP contribution is -2.46. The van der Waals surface area contributed by atoms with Gasteiger partial charge in [-0.1, -0.05) is 49.4 Å². The van der Waals surface area contributed by atoms with Crippen LogP contribution in [0.15, 0.2) is 54.6 Å². The van der Waals surface area contributed by atoms with E-state index in [1.807, 2.05) is 6.07 Å². The van der Waals surface area contributed by atoms with Gasteiger partial charge in [0.25, 0.3) is 0 Å². The van der Waals surface area contributed by atoms with Crippen molar-refractivity contribution in [3.63, 3.8) is 0 Å². The average molecular weight is 429 g/mol. The van der Waals surface area contributed by atoms with E-state index in [0.717, 1.165) is 18.8 Å². The number of piperazine rings is 1. The Labute approximate surface area is 183 Å². The quantitative estimate of drug-likeness (QED) is 0.492. The van der Waals surface area contributed by atoms with Crippen LogP contribution in [-0.2, 0) is 9.59 Å². The number of hydrogen-bond acceptors (Lipinski definition) is 5. The van der Waals surface area contributed by atoms with Crippen LogP contribution in [0.2, 0.25) is 0 Å². The van der Waals surface area contributed by atoms with Crippen LogP contribution in [0.1, 0.15) is 19.8 Å². The molecular formula is C24H32N2O5. The standard InChI is InChI=1S/C22H30N2O.C2H2O4/c1-2-23-15-17-24(18-16-23)14-6-7-19-25-22-12-10-21(11-13-22)20-8-4-3-5-9-20;3-1(4)2(5)6/h3-5,8-13H,2,6-7,14-19H2,1H3;(H,3,4)(H,5,6). The summed E-state index contributed by atoms with van der Waals surface area (Å²) in [6.45, 7) is 10.3. The number of nitrogens with zero attached hydrogens (tertiary/aromatic N) is 2. The lowest BCUT2D eigenvalue weighted by Gasteiger charge is -2.33. The molecule has 1 saturated heterocycles. The SMILES string of the molecule is CCN1CCN(CCCCOc2ccc(-c3ccccc3)cc2)CC1.O=C(O)C(=O)O. The van der Waals surface area contributed by atoms with Crippen molar-refractivity contribution in [1.29, 1.82) is 0 Å². The molecule has 1 fully saturated rings. The Kier molecular flexibility index (Phi) is 10.5. The summed E-state index contributed by atoms with van der Waals surface area (Å²) < 4.78 is 5.89. The normalized spacial score (nSPS) is 14.4. The predicted molar refractivity (Wildman–Crippen MR) is 120 cm³/mol. The number of rotatable bonds is 8. The third-order valence-electron chi connectivity index (χ3n) is 5.19. The first-order valence-electron chi connectivity index (χ1n) is 10.7. The Bertz CT molecular complexity index is 775. The van der Waals surface area contributed by atoms with Crippen molar-refractivity contribution in [2.45, 2.75) is 19.8 Å². The smallest absolute Gasteiger partial charge is 0.414 e. The molecule has 0 bridgehead atoms. The van der Waals surface area contributed by atoms with Gasteiger partial charge in [-0.05, 0) is 49.2 Å². The second kappa shape index (κ2) is 13.4. The first kappa shape index (κ1) is 24.4. The third kappa shape index (κ3) is 9.19. The number of likely N-dealkylation sites (N-methyl/N-ethyl adjacent to an activating group) is 1. The molecule has 7 nitrogen and oxygen atoms in total. The summed E-state index contributed by atoms with van der Waals surface area (Å²) in [4.78, 5) is 23.3. The van der Waals surface area contributed by atoms with Crippen molar-refractivity contribution in [2.75, 3.05) is 45.9 Å². The molecule has 1 heterocycles. The number of benzene rings is 2. The third-order valence-corrected chi connectivity index (χ3v) is 5.19. The second-order valence-electron chi connectivity index (χ2n) is 7.33. The van der Waals surface area contributed by atoms with E-state index in [-0.39, 0.29) is 0 Å². The van der Waals surface area contributed by atoms with Crippen LogP contribution < -0.4 is 4.74 Å². The summed E-state index contributed by atoms with van der Waals surface area (Å²) >= 11 is 0. The minimum absolute atomic E-state index is 0.805. The summed E-state index contributed by atoms with van der Waals surface area (Å²) in [7, 11) is 0. The zero-order valence-electron chi connectivity index (χ0n) is 18.1. The van der Waals surface area contributed by atoms with Crippen LogP contribution >= 0.6 is 0 Å². The monoisotopic (exact) mass is 428 g/mol. The highest BCUT2D eigenvalue weighted by molar-refractivity contribution is 6.27. The van der Waals surface area contributed by atoms with Crippen LogP contribution in [-0.4, -0.2) is 77.8 Å². The molecule has 0 saturated carbocycles. The van der Waals surface area contributed by atoms with E-state index in [9.17, 15) is 0 Å². The molecule has 0 aliphatic carbocycles. The fourth-order valence-electron chi connectivity index (χ4n) is 3.33. The van der Waals surface area contributed by atoms with E-state index in [1.54, 1.807) is 0 Å². The molecule has 0 aromatic heterocycles. The van der Waals surface area contributed by atoms with E-state index >= 15 is 0 Å². The van der Waals surface area contributed by atoms with Gasteiger partial charge in [-0.25, -0.2) is 9.59 Å². The summed E-state index contributed by atoms with van der Waals surface area (Å²) in [5, 5.41) is 14.8. The van der Waals surface area contributed by atoms with E-state index in [4.69, 9.17) is 24.5 Å². The van der Waals surface area contributed by atoms with Gasteiger partial charge in [0.2, 0.25) is 0 Å². The highest BCUT2D eigenvalue weighted by Crippen LogP contribution is 2.22. The molecule has 0 radical (unpaired) electrons. The Balaban J connectivity index is 0.000000501. The largest absolute Gasteiger partial charge is 0.494 e. The Hall–Kier alpha value is -2.90. The molecule has 31 heavy (non-hydrogen) atoms. The highest BCUT2D eigenvalue weighted by Gasteiger charge is 2.14. The number of carboxylic acid groups (broad SMARTS) is 2. The summed E-state index contributed by atoms with van der Waals surface area (Å²) in [6.07, 6.45) is 2.34. The molecule has 1 aliphatic rings. The van der Waals surface area contributed by atoms with Crippen molar-refractivity contribution in [3.8, 4) is 16.9 Å². The first-order valence-corrected chi connectivity index (χ1v) is 10.7. The van der Waals surface area contributed by atoms with E-state index in [1.165, 1.54) is 56.8 Å². The van der Waals surface area contributed by atoms with Crippen LogP contribution in [0.5, 0.6) is 5.75 Å². The maximum Gasteiger partial charge on any atom is 0.414 e. The second-order valence-corrected chi connectivity index (χ2v) is 7.33. The van der Waals surface area contributed by atoms with Gasteiger partial charge in [0, 0.05) is 26.2 Å². The highest BCUT2D eigenvalue weighted by atomic mass is 16.5. The van der Waals surface area contributed by atoms with E-state index in [0.29, 0.717) is 0 Å². The van der Waals surface area contributed by atoms with Gasteiger partial charge in [0.05, 0.1) is 6.61 Å². The zero-order chi connectivity index (χ0) is 22.5. The minimum atomic E-state index is -1.82. The van der Waals surface area contributed by atoms with Crippen LogP contribution in [0.25, 0.3) is 11.1 Å². The first-order chi connectivity index (χ1) is 15.0. The van der Waals surface area contributed by atoms with Gasteiger partial charge < -0.3 is 24.7 Å². The average Bonchev–Trinajstić information content (AvgIpc) is 2.80. The number of aliphatic carboxylic acids is 2. The van der Waals surface area contributed by atoms with Crippen molar-refractivity contribution in [1.82, 2.24) is 9.80 Å². The van der Waals surface area contributed by atoms with Crippen molar-refractivity contribution in [2.24, 2.45) is 0 Å². The zero-order valence-corrected chi connectivity index (χ0v) is 18.1. The minimum Gasteiger partial charge on any atom is -0.494 e. The van der Waals surface area contributed by atoms with E-state index in [2.05, 4.69) is 65.3 Å². The number of carbonyl (C=O) groups is 2. The molecule has 3 rings (SSSR count). The maximum absolute atomic E-state index is 9.10. The predicted octanol–water partition coefficient (Wildman–Crippen LogP) is 3.31. The molecule has 7 heteroatoms. The fourth-order valence-corrected chi connectivity index (χ4v) is 3.33. The van der Waals surface area contributed by atoms with Gasteiger partial charge >= 0.3 is 11.9 Å². The van der Waals surface area contributed by atoms with Gasteiger partial charge in [0.15, 0.2) is 0 Å². The molecule has 168 valence electrons. The molecule has 0 atom stereocenters. The Morgan fingerprint density at radius 2 is 1.35 bits per heavy atom. The molecule has 2 aromatic carbocycles. The molecule has 0 amide bonds. The van der Waals surface area contributed by atoms with Crippen LogP contribution in [0.3, 0.4) is 0 Å². The van der Waals surface area contributed by atoms with E-state index < -0.39 is 11.9 Å². The lowest BCUT2D eigenvalue weighted by atomic mass is 10.1. The van der Waals surface area contributed by atoms with Gasteiger partial charge in [-0.2, -0.15) is 0 Å². The van der Waals surface area contributed by atoms with Crippen molar-refractivity contribution >= 4 is 11.9 Å². The number of hydrogen-bond donors (Lipinski definition) is 2. The number of carboxylic acids is 2. The molecule has 2 aromatic rings. The maximum atomic E-state index is 9.10. The van der Waals surface area contributed by atoms with Gasteiger partial charge in [-0.15, -0.1) is 0 Å². The van der Waals surface area contributed by atoms with Gasteiger partial charge in [0.1, 0.15) is 5.75 Å². The summed E-state index contributed by atoms with van der Waals surface area (Å²) in [6, 6.07) is 18.9. The molecular weight excluding hydrogens is 396 g/mol. The van der Waals surface area contributed by atoms with Crippen molar-refractivity contribution < 1.29 is 24.5 Å². The number of ether oxygens (including phenoxy) is 1. The molecule has 0 spiro atoms. The Morgan fingerprint density at radius 3 is 1.90 bits per heavy atom. The lowest BCUT2D eigenvalue weighted by molar-refractivity contribution is -0.159. The molecule has 0 unspecified atom stereocenters. The van der Waals surface area contributed by atoms with Crippen molar-refractivity contribution in [3.05, 3.63) is 54.6 Å². The topological polar surface area (TPSA) is 90.3 Å². The Morgan fingerprint density at radius 1 is 0.806 bits per heavy atom.